The van der Waals surface area contributed by atoms with Crippen LogP contribution >= 0.6 is 0 Å². The topological polar surface area (TPSA) is 79.5 Å². The Bertz CT molecular complexity index is 1030. The second-order valence-corrected chi connectivity index (χ2v) is 6.79. The summed E-state index contributed by atoms with van der Waals surface area (Å²) in [6, 6.07) is 18.2. The Morgan fingerprint density at radius 1 is 1.07 bits per heavy atom. The minimum absolute atomic E-state index is 0. The zero-order chi connectivity index (χ0) is 19.3. The number of Topliss-reactive ketones (excluding diaryl/α,β-unsaturated/α-hetero) is 1. The number of rotatable bonds is 1. The highest BCUT2D eigenvalue weighted by Gasteiger charge is 2.24. The van der Waals surface area contributed by atoms with E-state index in [9.17, 15) is 4.79 Å². The van der Waals surface area contributed by atoms with Crippen LogP contribution < -0.4 is 10.6 Å². The highest BCUT2D eigenvalue weighted by atomic mass is 16.4. The number of hydrogen-bond donors (Lipinski definition) is 2. The molecule has 5 rings (SSSR count). The van der Waals surface area contributed by atoms with Crippen LogP contribution in [0.4, 0.5) is 6.01 Å². The number of nitrogens with one attached hydrogen (secondary N) is 2. The van der Waals surface area contributed by atoms with Gasteiger partial charge in [0.1, 0.15) is 5.52 Å². The molecule has 0 unspecified atom stereocenters. The molecule has 2 aromatic carbocycles. The second kappa shape index (κ2) is 8.08. The molecule has 0 saturated carbocycles. The average Bonchev–Trinajstić information content (AvgIpc) is 3.11. The standard InChI is InChI=1S/C15H14N4O2.C7H8.2H2/c20-12-6-3-5-10-9(12)8-16-14(17-10)19-15-18-11-4-1-2-7-13(11)21-15;1-7-5-3-2-4-6-7;;/h1-2,4,7H,3,5-6,8H2,(H2,16,17,18,19);2-6H,1H3;2*1H. The number of ketones is 1. The van der Waals surface area contributed by atoms with Gasteiger partial charge in [-0.25, -0.2) is 4.99 Å². The predicted octanol–water partition coefficient (Wildman–Crippen LogP) is 4.69. The van der Waals surface area contributed by atoms with Gasteiger partial charge in [0.2, 0.25) is 5.96 Å². The van der Waals surface area contributed by atoms with Gasteiger partial charge in [0, 0.05) is 20.5 Å². The van der Waals surface area contributed by atoms with Gasteiger partial charge in [-0.2, -0.15) is 4.98 Å². The van der Waals surface area contributed by atoms with Crippen molar-refractivity contribution in [2.45, 2.75) is 26.2 Å². The fourth-order valence-corrected chi connectivity index (χ4v) is 3.19. The summed E-state index contributed by atoms with van der Waals surface area (Å²) in [5.74, 6) is 0.781. The number of aromatic nitrogens is 1. The molecule has 0 saturated heterocycles. The van der Waals surface area contributed by atoms with E-state index in [1.54, 1.807) is 0 Å². The third-order valence-electron chi connectivity index (χ3n) is 4.66. The smallest absolute Gasteiger partial charge is 0.302 e. The van der Waals surface area contributed by atoms with Crippen LogP contribution in [0, 0.1) is 6.92 Å². The largest absolute Gasteiger partial charge is 0.423 e. The predicted molar refractivity (Wildman–Crippen MR) is 114 cm³/mol. The van der Waals surface area contributed by atoms with Crippen LogP contribution in [-0.4, -0.2) is 23.3 Å². The number of aliphatic imine (C=N–C) groups is 1. The zero-order valence-electron chi connectivity index (χ0n) is 15.7. The van der Waals surface area contributed by atoms with Gasteiger partial charge in [-0.15, -0.1) is 0 Å². The van der Waals surface area contributed by atoms with Crippen LogP contribution in [0.15, 0.2) is 75.3 Å². The lowest BCUT2D eigenvalue weighted by atomic mass is 9.94. The van der Waals surface area contributed by atoms with Crippen molar-refractivity contribution in [3.8, 4) is 0 Å². The first-order valence-electron chi connectivity index (χ1n) is 9.40. The van der Waals surface area contributed by atoms with E-state index in [1.165, 1.54) is 5.56 Å². The molecule has 3 aromatic rings. The number of para-hydroxylation sites is 2. The van der Waals surface area contributed by atoms with Gasteiger partial charge in [-0.1, -0.05) is 48.0 Å². The number of fused-ring (bicyclic) bond motifs is 1. The number of anilines is 1. The first-order valence-corrected chi connectivity index (χ1v) is 9.40. The van der Waals surface area contributed by atoms with Gasteiger partial charge in [-0.3, -0.25) is 10.1 Å². The van der Waals surface area contributed by atoms with Crippen LogP contribution in [-0.2, 0) is 4.79 Å². The van der Waals surface area contributed by atoms with Crippen molar-refractivity contribution >= 4 is 28.9 Å². The molecule has 2 N–H and O–H groups in total. The highest BCUT2D eigenvalue weighted by Crippen LogP contribution is 2.23. The number of benzene rings is 2. The molecule has 0 bridgehead atoms. The SMILES string of the molecule is Cc1ccccc1.O=C1CCCC2=C1CN=C(Nc1nc3ccccc3o1)N2.[HH].[HH]. The summed E-state index contributed by atoms with van der Waals surface area (Å²) in [4.78, 5) is 20.5. The number of carbonyl (C=O) groups is 1. The molecule has 1 aliphatic carbocycles. The van der Waals surface area contributed by atoms with Gasteiger partial charge in [-0.05, 0) is 31.9 Å². The molecule has 1 aromatic heterocycles. The van der Waals surface area contributed by atoms with Crippen LogP contribution in [0.3, 0.4) is 0 Å². The van der Waals surface area contributed by atoms with Crippen LogP contribution in [0.25, 0.3) is 11.1 Å². The molecule has 2 aliphatic rings. The van der Waals surface area contributed by atoms with Crippen molar-refractivity contribution in [1.29, 1.82) is 0 Å². The molecular formula is C22H26N4O2. The number of guanidine groups is 1. The summed E-state index contributed by atoms with van der Waals surface area (Å²) in [6.45, 7) is 2.50. The number of aryl methyl sites for hydroxylation is 1. The fraction of sp³-hybridized carbons (Fsp3) is 0.227. The Balaban J connectivity index is 0.000000307. The van der Waals surface area contributed by atoms with Crippen molar-refractivity contribution in [3.63, 3.8) is 0 Å². The van der Waals surface area contributed by atoms with E-state index in [2.05, 4.69) is 39.7 Å². The van der Waals surface area contributed by atoms with E-state index in [1.807, 2.05) is 42.5 Å². The van der Waals surface area contributed by atoms with E-state index in [0.29, 0.717) is 24.9 Å². The minimum Gasteiger partial charge on any atom is -0.423 e. The maximum absolute atomic E-state index is 11.8. The molecule has 1 aliphatic heterocycles. The van der Waals surface area contributed by atoms with E-state index in [4.69, 9.17) is 4.42 Å². The molecule has 0 atom stereocenters. The lowest BCUT2D eigenvalue weighted by Crippen LogP contribution is -2.37. The molecular weight excluding hydrogens is 352 g/mol. The molecule has 146 valence electrons. The lowest BCUT2D eigenvalue weighted by molar-refractivity contribution is -0.116. The van der Waals surface area contributed by atoms with Crippen LogP contribution in [0.5, 0.6) is 0 Å². The highest BCUT2D eigenvalue weighted by molar-refractivity contribution is 6.02. The average molecular weight is 378 g/mol. The number of hydrogen-bond acceptors (Lipinski definition) is 6. The lowest BCUT2D eigenvalue weighted by Gasteiger charge is -2.24. The molecule has 6 nitrogen and oxygen atoms in total. The monoisotopic (exact) mass is 378 g/mol. The summed E-state index contributed by atoms with van der Waals surface area (Å²) >= 11 is 0. The third kappa shape index (κ3) is 4.11. The summed E-state index contributed by atoms with van der Waals surface area (Å²) in [6.07, 6.45) is 2.40. The summed E-state index contributed by atoms with van der Waals surface area (Å²) in [5.41, 5.74) is 4.63. The maximum Gasteiger partial charge on any atom is 0.302 e. The van der Waals surface area contributed by atoms with Crippen molar-refractivity contribution in [2.24, 2.45) is 4.99 Å². The van der Waals surface area contributed by atoms with E-state index in [0.717, 1.165) is 35.2 Å². The van der Waals surface area contributed by atoms with Crippen molar-refractivity contribution in [2.75, 3.05) is 11.9 Å². The number of oxazole rings is 1. The molecule has 0 fully saturated rings. The quantitative estimate of drug-likeness (QED) is 0.642. The van der Waals surface area contributed by atoms with Gasteiger partial charge >= 0.3 is 6.01 Å². The summed E-state index contributed by atoms with van der Waals surface area (Å²) < 4.78 is 5.60. The first kappa shape index (κ1) is 18.0. The molecule has 0 spiro atoms. The third-order valence-corrected chi connectivity index (χ3v) is 4.66. The first-order chi connectivity index (χ1) is 13.7. The Hall–Kier alpha value is -3.41. The Morgan fingerprint density at radius 3 is 2.61 bits per heavy atom. The Kier molecular flexibility index (Phi) is 5.19. The van der Waals surface area contributed by atoms with Crippen molar-refractivity contribution < 1.29 is 12.1 Å². The van der Waals surface area contributed by atoms with Crippen molar-refractivity contribution in [1.82, 2.24) is 10.3 Å². The molecule has 6 heteroatoms. The fourth-order valence-electron chi connectivity index (χ4n) is 3.19. The van der Waals surface area contributed by atoms with Crippen LogP contribution in [0.1, 0.15) is 27.7 Å². The van der Waals surface area contributed by atoms with E-state index < -0.39 is 0 Å². The number of nitrogens with zero attached hydrogens (tertiary/aromatic N) is 2. The molecule has 0 radical (unpaired) electrons. The minimum atomic E-state index is 0. The summed E-state index contributed by atoms with van der Waals surface area (Å²) in [5, 5.41) is 6.21. The van der Waals surface area contributed by atoms with Crippen molar-refractivity contribution in [3.05, 3.63) is 71.4 Å². The zero-order valence-corrected chi connectivity index (χ0v) is 15.7. The van der Waals surface area contributed by atoms with E-state index >= 15 is 0 Å². The number of carbonyl (C=O) groups excluding carboxylic acids is 1. The van der Waals surface area contributed by atoms with Gasteiger partial charge < -0.3 is 9.73 Å². The second-order valence-electron chi connectivity index (χ2n) is 6.79. The van der Waals surface area contributed by atoms with Gasteiger partial charge in [0.15, 0.2) is 11.4 Å². The normalized spacial score (nSPS) is 15.9. The summed E-state index contributed by atoms with van der Waals surface area (Å²) in [7, 11) is 0. The van der Waals surface area contributed by atoms with E-state index in [-0.39, 0.29) is 8.64 Å². The Labute approximate surface area is 166 Å². The van der Waals surface area contributed by atoms with Gasteiger partial charge in [0.25, 0.3) is 0 Å². The van der Waals surface area contributed by atoms with Crippen LogP contribution in [0.2, 0.25) is 0 Å². The molecule has 0 amide bonds. The molecule has 2 heterocycles. The molecule has 28 heavy (non-hydrogen) atoms. The Morgan fingerprint density at radius 2 is 1.86 bits per heavy atom. The number of allylic oxidation sites excluding steroid dienone is 1. The van der Waals surface area contributed by atoms with Gasteiger partial charge in [0.05, 0.1) is 6.54 Å². The maximum atomic E-state index is 11.8.